The average molecular weight is 156 g/mol. The van der Waals surface area contributed by atoms with E-state index in [1.165, 1.54) is 0 Å². The van der Waals surface area contributed by atoms with E-state index in [9.17, 15) is 9.59 Å². The number of carboxylic acids is 2. The maximum atomic E-state index is 10.1. The quantitative estimate of drug-likeness (QED) is 0.569. The molecule has 0 rings (SSSR count). The van der Waals surface area contributed by atoms with Gasteiger partial charge in [-0.3, -0.25) is 9.59 Å². The molecular weight excluding hydrogens is 148 g/mol. The van der Waals surface area contributed by atoms with Gasteiger partial charge in [-0.25, -0.2) is 0 Å². The van der Waals surface area contributed by atoms with Crippen molar-refractivity contribution in [1.29, 1.82) is 0 Å². The van der Waals surface area contributed by atoms with E-state index >= 15 is 0 Å². The Morgan fingerprint density at radius 2 is 1.64 bits per heavy atom. The molecule has 0 aliphatic carbocycles. The van der Waals surface area contributed by atoms with Gasteiger partial charge in [0.15, 0.2) is 0 Å². The lowest BCUT2D eigenvalue weighted by Gasteiger charge is -2.01. The SMILES string of the molecule is C#CC(CC(=O)O)CC(=O)O. The Balaban J connectivity index is 3.89. The van der Waals surface area contributed by atoms with E-state index in [1.807, 2.05) is 0 Å². The first-order valence-corrected chi connectivity index (χ1v) is 2.96. The zero-order chi connectivity index (χ0) is 8.85. The average Bonchev–Trinajstić information content (AvgIpc) is 1.84. The Labute approximate surface area is 63.8 Å². The maximum Gasteiger partial charge on any atom is 0.304 e. The fourth-order valence-electron chi connectivity index (χ4n) is 0.612. The zero-order valence-corrected chi connectivity index (χ0v) is 5.78. The lowest BCUT2D eigenvalue weighted by molar-refractivity contribution is -0.139. The van der Waals surface area contributed by atoms with Crippen LogP contribution in [0, 0.1) is 18.3 Å². The van der Waals surface area contributed by atoms with E-state index in [2.05, 4.69) is 5.92 Å². The molecule has 0 saturated heterocycles. The van der Waals surface area contributed by atoms with Gasteiger partial charge in [0.05, 0.1) is 12.8 Å². The second-order valence-corrected chi connectivity index (χ2v) is 2.06. The van der Waals surface area contributed by atoms with E-state index in [1.54, 1.807) is 0 Å². The molecule has 60 valence electrons. The molecule has 0 bridgehead atoms. The van der Waals surface area contributed by atoms with Gasteiger partial charge in [-0.05, 0) is 0 Å². The van der Waals surface area contributed by atoms with E-state index < -0.39 is 17.9 Å². The zero-order valence-electron chi connectivity index (χ0n) is 5.78. The van der Waals surface area contributed by atoms with Crippen LogP contribution in [0.4, 0.5) is 0 Å². The molecule has 0 saturated carbocycles. The van der Waals surface area contributed by atoms with Gasteiger partial charge < -0.3 is 10.2 Å². The largest absolute Gasteiger partial charge is 0.481 e. The molecule has 0 unspecified atom stereocenters. The normalized spacial score (nSPS) is 9.09. The monoisotopic (exact) mass is 156 g/mol. The Morgan fingerprint density at radius 3 is 1.82 bits per heavy atom. The van der Waals surface area contributed by atoms with Crippen molar-refractivity contribution in [2.45, 2.75) is 12.8 Å². The van der Waals surface area contributed by atoms with Gasteiger partial charge in [-0.1, -0.05) is 0 Å². The van der Waals surface area contributed by atoms with Crippen molar-refractivity contribution in [3.8, 4) is 12.3 Å². The predicted octanol–water partition coefficient (Wildman–Crippen LogP) is 0.185. The number of terminal acetylenes is 1. The molecule has 0 atom stereocenters. The minimum absolute atomic E-state index is 0.289. The van der Waals surface area contributed by atoms with Crippen LogP contribution in [-0.4, -0.2) is 22.2 Å². The first-order chi connectivity index (χ1) is 5.06. The fraction of sp³-hybridized carbons (Fsp3) is 0.429. The van der Waals surface area contributed by atoms with Gasteiger partial charge in [0.1, 0.15) is 0 Å². The topological polar surface area (TPSA) is 74.6 Å². The van der Waals surface area contributed by atoms with Crippen molar-refractivity contribution in [3.63, 3.8) is 0 Å². The molecule has 0 aliphatic rings. The molecule has 11 heavy (non-hydrogen) atoms. The van der Waals surface area contributed by atoms with Crippen LogP contribution in [0.1, 0.15) is 12.8 Å². The van der Waals surface area contributed by atoms with Gasteiger partial charge in [0, 0.05) is 5.92 Å². The van der Waals surface area contributed by atoms with Gasteiger partial charge in [0.2, 0.25) is 0 Å². The highest BCUT2D eigenvalue weighted by Crippen LogP contribution is 2.06. The molecule has 0 amide bonds. The van der Waals surface area contributed by atoms with Crippen molar-refractivity contribution in [3.05, 3.63) is 0 Å². The summed E-state index contributed by atoms with van der Waals surface area (Å²) in [6.45, 7) is 0. The number of rotatable bonds is 4. The summed E-state index contributed by atoms with van der Waals surface area (Å²) >= 11 is 0. The Kier molecular flexibility index (Phi) is 3.75. The molecule has 2 N–H and O–H groups in total. The smallest absolute Gasteiger partial charge is 0.304 e. The van der Waals surface area contributed by atoms with Crippen LogP contribution in [0.2, 0.25) is 0 Å². The van der Waals surface area contributed by atoms with Crippen LogP contribution in [0.15, 0.2) is 0 Å². The molecule has 0 aromatic heterocycles. The van der Waals surface area contributed by atoms with Crippen molar-refractivity contribution in [1.82, 2.24) is 0 Å². The molecular formula is C7H8O4. The lowest BCUT2D eigenvalue weighted by atomic mass is 10.0. The molecule has 0 aromatic rings. The Hall–Kier alpha value is -1.50. The van der Waals surface area contributed by atoms with Crippen LogP contribution < -0.4 is 0 Å². The second kappa shape index (κ2) is 4.34. The molecule has 0 aliphatic heterocycles. The Morgan fingerprint density at radius 1 is 1.27 bits per heavy atom. The first kappa shape index (κ1) is 9.50. The standard InChI is InChI=1S/C7H8O4/c1-2-5(3-6(8)9)4-7(10)11/h1,5H,3-4H2,(H,8,9)(H,10,11). The maximum absolute atomic E-state index is 10.1. The van der Waals surface area contributed by atoms with Crippen LogP contribution >= 0.6 is 0 Å². The third-order valence-corrected chi connectivity index (χ3v) is 1.08. The summed E-state index contributed by atoms with van der Waals surface area (Å²) in [6.07, 6.45) is 4.31. The predicted molar refractivity (Wildman–Crippen MR) is 36.8 cm³/mol. The highest BCUT2D eigenvalue weighted by atomic mass is 16.4. The summed E-state index contributed by atoms with van der Waals surface area (Å²) in [7, 11) is 0. The fourth-order valence-corrected chi connectivity index (χ4v) is 0.612. The van der Waals surface area contributed by atoms with E-state index in [-0.39, 0.29) is 12.8 Å². The number of hydrogen-bond acceptors (Lipinski definition) is 2. The first-order valence-electron chi connectivity index (χ1n) is 2.96. The Bertz CT molecular complexity index is 185. The third kappa shape index (κ3) is 4.97. The van der Waals surface area contributed by atoms with Crippen LogP contribution in [0.5, 0.6) is 0 Å². The molecule has 0 radical (unpaired) electrons. The van der Waals surface area contributed by atoms with Gasteiger partial charge in [-0.2, -0.15) is 0 Å². The van der Waals surface area contributed by atoms with Crippen molar-refractivity contribution < 1.29 is 19.8 Å². The highest BCUT2D eigenvalue weighted by Gasteiger charge is 2.13. The molecule has 4 nitrogen and oxygen atoms in total. The van der Waals surface area contributed by atoms with E-state index in [0.29, 0.717) is 0 Å². The molecule has 0 fully saturated rings. The van der Waals surface area contributed by atoms with Crippen molar-refractivity contribution >= 4 is 11.9 Å². The van der Waals surface area contributed by atoms with Crippen LogP contribution in [0.25, 0.3) is 0 Å². The van der Waals surface area contributed by atoms with Crippen LogP contribution in [-0.2, 0) is 9.59 Å². The number of carbonyl (C=O) groups is 2. The van der Waals surface area contributed by atoms with Crippen molar-refractivity contribution in [2.24, 2.45) is 5.92 Å². The molecule has 0 aromatic carbocycles. The summed E-state index contributed by atoms with van der Waals surface area (Å²) in [6, 6.07) is 0. The summed E-state index contributed by atoms with van der Waals surface area (Å²) in [5, 5.41) is 16.5. The summed E-state index contributed by atoms with van der Waals surface area (Å²) in [5.74, 6) is -0.750. The summed E-state index contributed by atoms with van der Waals surface area (Å²) in [5.41, 5.74) is 0. The molecule has 0 heterocycles. The third-order valence-electron chi connectivity index (χ3n) is 1.08. The van der Waals surface area contributed by atoms with E-state index in [0.717, 1.165) is 0 Å². The van der Waals surface area contributed by atoms with Crippen LogP contribution in [0.3, 0.4) is 0 Å². The highest BCUT2D eigenvalue weighted by molar-refractivity contribution is 5.71. The minimum atomic E-state index is -1.07. The summed E-state index contributed by atoms with van der Waals surface area (Å²) < 4.78 is 0. The van der Waals surface area contributed by atoms with Gasteiger partial charge in [-0.15, -0.1) is 12.3 Å². The van der Waals surface area contributed by atoms with Gasteiger partial charge >= 0.3 is 11.9 Å². The lowest BCUT2D eigenvalue weighted by Crippen LogP contribution is -2.10. The summed E-state index contributed by atoms with van der Waals surface area (Å²) in [4.78, 5) is 20.1. The number of carboxylic acid groups (broad SMARTS) is 2. The van der Waals surface area contributed by atoms with Crippen molar-refractivity contribution in [2.75, 3.05) is 0 Å². The van der Waals surface area contributed by atoms with E-state index in [4.69, 9.17) is 16.6 Å². The number of aliphatic carboxylic acids is 2. The number of hydrogen-bond donors (Lipinski definition) is 2. The minimum Gasteiger partial charge on any atom is -0.481 e. The molecule has 0 spiro atoms. The molecule has 4 heteroatoms. The second-order valence-electron chi connectivity index (χ2n) is 2.06. The van der Waals surface area contributed by atoms with Gasteiger partial charge in [0.25, 0.3) is 0 Å².